The third kappa shape index (κ3) is 4.64. The van der Waals surface area contributed by atoms with Gasteiger partial charge >= 0.3 is 0 Å². The molecule has 7 nitrogen and oxygen atoms in total. The van der Waals surface area contributed by atoms with Gasteiger partial charge in [-0.1, -0.05) is 140 Å². The fourth-order valence-corrected chi connectivity index (χ4v) is 9.12. The Kier molecular flexibility index (Phi) is 6.60. The zero-order valence-electron chi connectivity index (χ0n) is 31.4. The molecule has 0 aliphatic heterocycles. The maximum atomic E-state index is 6.48. The van der Waals surface area contributed by atoms with Crippen molar-refractivity contribution in [3.63, 3.8) is 0 Å². The van der Waals surface area contributed by atoms with Gasteiger partial charge in [-0.25, -0.2) is 19.9 Å². The highest BCUT2D eigenvalue weighted by Gasteiger charge is 2.25. The molecule has 0 saturated heterocycles. The maximum Gasteiger partial charge on any atom is 0.236 e. The second-order valence-electron chi connectivity index (χ2n) is 15.0. The third-order valence-corrected chi connectivity index (χ3v) is 11.7. The highest BCUT2D eigenvalue weighted by Crippen LogP contribution is 2.43. The van der Waals surface area contributed by atoms with Gasteiger partial charge in [-0.15, -0.1) is 0 Å². The largest absolute Gasteiger partial charge is 0.452 e. The predicted molar refractivity (Wildman–Crippen MR) is 239 cm³/mol. The van der Waals surface area contributed by atoms with Gasteiger partial charge < -0.3 is 4.42 Å². The minimum absolute atomic E-state index is 0.566. The normalized spacial score (nSPS) is 12.1. The number of rotatable bonds is 4. The Morgan fingerprint density at radius 3 is 1.92 bits per heavy atom. The Morgan fingerprint density at radius 2 is 1.05 bits per heavy atom. The molecule has 59 heavy (non-hydrogen) atoms. The maximum absolute atomic E-state index is 6.48. The minimum atomic E-state index is 0.566. The van der Waals surface area contributed by atoms with Crippen LogP contribution in [-0.2, 0) is 0 Å². The van der Waals surface area contributed by atoms with E-state index in [0.717, 1.165) is 93.5 Å². The van der Waals surface area contributed by atoms with E-state index in [0.29, 0.717) is 17.5 Å². The second kappa shape index (κ2) is 12.2. The highest BCUT2D eigenvalue weighted by atomic mass is 16.3. The van der Waals surface area contributed by atoms with E-state index in [1.165, 1.54) is 10.8 Å². The van der Waals surface area contributed by atoms with Crippen molar-refractivity contribution in [2.75, 3.05) is 0 Å². The molecule has 13 aromatic rings. The summed E-state index contributed by atoms with van der Waals surface area (Å²) in [6, 6.07) is 63.1. The van der Waals surface area contributed by atoms with E-state index in [9.17, 15) is 0 Å². The first-order valence-electron chi connectivity index (χ1n) is 19.7. The lowest BCUT2D eigenvalue weighted by Crippen LogP contribution is -2.04. The fraction of sp³-hybridized carbons (Fsp3) is 0. The van der Waals surface area contributed by atoms with E-state index < -0.39 is 0 Å². The second-order valence-corrected chi connectivity index (χ2v) is 15.0. The predicted octanol–water partition coefficient (Wildman–Crippen LogP) is 13.0. The molecule has 0 unspecified atom stereocenters. The van der Waals surface area contributed by atoms with Crippen molar-refractivity contribution in [3.8, 4) is 34.4 Å². The Morgan fingerprint density at radius 1 is 0.390 bits per heavy atom. The van der Waals surface area contributed by atoms with Crippen LogP contribution in [0.15, 0.2) is 186 Å². The van der Waals surface area contributed by atoms with Crippen LogP contribution in [0.5, 0.6) is 0 Å². The lowest BCUT2D eigenvalue weighted by atomic mass is 10.0. The lowest BCUT2D eigenvalue weighted by molar-refractivity contribution is 0.666. The first-order chi connectivity index (χ1) is 29.3. The van der Waals surface area contributed by atoms with Crippen LogP contribution in [0.25, 0.3) is 122 Å². The molecule has 0 N–H and O–H groups in total. The van der Waals surface area contributed by atoms with Gasteiger partial charge in [-0.3, -0.25) is 9.13 Å². The molecule has 0 radical (unpaired) electrons. The van der Waals surface area contributed by atoms with E-state index in [1.54, 1.807) is 0 Å². The van der Waals surface area contributed by atoms with Gasteiger partial charge in [0.05, 0.1) is 33.3 Å². The molecule has 7 heteroatoms. The minimum Gasteiger partial charge on any atom is -0.452 e. The van der Waals surface area contributed by atoms with Crippen molar-refractivity contribution in [2.24, 2.45) is 0 Å². The number of furan rings is 1. The number of hydrogen-bond acceptors (Lipinski definition) is 5. The smallest absolute Gasteiger partial charge is 0.236 e. The summed E-state index contributed by atoms with van der Waals surface area (Å²) in [4.78, 5) is 21.5. The van der Waals surface area contributed by atoms with Crippen molar-refractivity contribution in [2.45, 2.75) is 0 Å². The summed E-state index contributed by atoms with van der Waals surface area (Å²) in [6.07, 6.45) is 0. The molecule has 13 rings (SSSR count). The van der Waals surface area contributed by atoms with Crippen LogP contribution in [0.2, 0.25) is 0 Å². The third-order valence-electron chi connectivity index (χ3n) is 11.7. The van der Waals surface area contributed by atoms with Crippen molar-refractivity contribution in [1.82, 2.24) is 29.1 Å². The summed E-state index contributed by atoms with van der Waals surface area (Å²) >= 11 is 0. The van der Waals surface area contributed by atoms with Gasteiger partial charge in [-0.05, 0) is 53.2 Å². The van der Waals surface area contributed by atoms with Gasteiger partial charge in [-0.2, -0.15) is 0 Å². The number of aromatic nitrogens is 6. The van der Waals surface area contributed by atoms with Crippen LogP contribution < -0.4 is 0 Å². The molecular weight excluding hydrogens is 725 g/mol. The number of para-hydroxylation sites is 4. The van der Waals surface area contributed by atoms with E-state index >= 15 is 0 Å². The van der Waals surface area contributed by atoms with Gasteiger partial charge in [0.15, 0.2) is 5.58 Å². The Hall–Kier alpha value is -8.16. The quantitative estimate of drug-likeness (QED) is 0.179. The molecule has 5 heterocycles. The van der Waals surface area contributed by atoms with Crippen LogP contribution in [0.1, 0.15) is 0 Å². The summed E-state index contributed by atoms with van der Waals surface area (Å²) in [5.41, 5.74) is 10.8. The van der Waals surface area contributed by atoms with Crippen molar-refractivity contribution in [1.29, 1.82) is 0 Å². The summed E-state index contributed by atoms with van der Waals surface area (Å²) in [7, 11) is 0. The monoisotopic (exact) mass is 754 g/mol. The van der Waals surface area contributed by atoms with Crippen LogP contribution in [0.3, 0.4) is 0 Å². The van der Waals surface area contributed by atoms with E-state index in [2.05, 4.69) is 149 Å². The fourth-order valence-electron chi connectivity index (χ4n) is 9.12. The van der Waals surface area contributed by atoms with E-state index in [1.807, 2.05) is 42.5 Å². The molecular formula is C52H30N6O. The molecule has 0 aliphatic carbocycles. The topological polar surface area (TPSA) is 74.6 Å². The van der Waals surface area contributed by atoms with Crippen molar-refractivity contribution < 1.29 is 4.42 Å². The van der Waals surface area contributed by atoms with Gasteiger partial charge in [0, 0.05) is 43.4 Å². The van der Waals surface area contributed by atoms with E-state index in [-0.39, 0.29) is 0 Å². The molecule has 0 fully saturated rings. The Bertz CT molecular complexity index is 3860. The van der Waals surface area contributed by atoms with Gasteiger partial charge in [0.25, 0.3) is 0 Å². The molecule has 5 aromatic heterocycles. The van der Waals surface area contributed by atoms with Crippen LogP contribution in [0, 0.1) is 0 Å². The molecule has 0 atom stereocenters. The molecule has 274 valence electrons. The van der Waals surface area contributed by atoms with Crippen LogP contribution in [-0.4, -0.2) is 29.1 Å². The van der Waals surface area contributed by atoms with Crippen molar-refractivity contribution >= 4 is 87.4 Å². The first-order valence-corrected chi connectivity index (χ1v) is 19.7. The van der Waals surface area contributed by atoms with Crippen LogP contribution in [0.4, 0.5) is 0 Å². The van der Waals surface area contributed by atoms with Crippen molar-refractivity contribution in [3.05, 3.63) is 182 Å². The standard InChI is InChI=1S/C52H30N6O/c1-2-15-32(16-3-1)47-50-48(39-21-9-13-25-44(39)59-50)56-52(55-47)57-42-24-12-8-20-38(42)45-43(57)29-28-36-35-18-7-11-23-41(35)58(49(36)45)51-53-40-22-10-6-19-37(40)46(54-51)34-27-26-31-14-4-5-17-33(31)30-34/h1-30H. The van der Waals surface area contributed by atoms with Gasteiger partial charge in [0.2, 0.25) is 11.9 Å². The number of fused-ring (bicyclic) bond motifs is 12. The Labute approximate surface area is 336 Å². The first kappa shape index (κ1) is 32.0. The number of hydrogen-bond donors (Lipinski definition) is 0. The highest BCUT2D eigenvalue weighted by molar-refractivity contribution is 6.26. The zero-order chi connectivity index (χ0) is 38.6. The average Bonchev–Trinajstić information content (AvgIpc) is 3.96. The van der Waals surface area contributed by atoms with E-state index in [4.69, 9.17) is 24.4 Å². The summed E-state index contributed by atoms with van der Waals surface area (Å²) in [6.45, 7) is 0. The summed E-state index contributed by atoms with van der Waals surface area (Å²) < 4.78 is 10.9. The van der Waals surface area contributed by atoms with Crippen LogP contribution >= 0.6 is 0 Å². The van der Waals surface area contributed by atoms with Gasteiger partial charge in [0.1, 0.15) is 16.8 Å². The summed E-state index contributed by atoms with van der Waals surface area (Å²) in [5.74, 6) is 1.17. The molecule has 0 spiro atoms. The molecule has 0 amide bonds. The Balaban J connectivity index is 1.15. The number of nitrogens with zero attached hydrogens (tertiary/aromatic N) is 6. The molecule has 0 bridgehead atoms. The molecule has 0 saturated carbocycles. The molecule has 8 aromatic carbocycles. The number of benzene rings is 8. The molecule has 0 aliphatic rings. The lowest BCUT2D eigenvalue weighted by Gasteiger charge is -2.13. The zero-order valence-corrected chi connectivity index (χ0v) is 31.4. The average molecular weight is 755 g/mol. The SMILES string of the molecule is c1ccc(-c2nc(-n3c4ccccc4c4c3ccc3c5ccccc5n(-c5nc(-c6ccc7ccccc7c6)c6ccccc6n5)c34)nc3c2oc2ccccc23)cc1. The summed E-state index contributed by atoms with van der Waals surface area (Å²) in [5, 5.41) is 8.69.